The van der Waals surface area contributed by atoms with Gasteiger partial charge in [0.1, 0.15) is 0 Å². The van der Waals surface area contributed by atoms with Crippen LogP contribution in [0.3, 0.4) is 0 Å². The number of hydrogen-bond acceptors (Lipinski definition) is 2. The molecule has 0 aromatic carbocycles. The number of quaternary nitrogens is 1. The molecule has 0 N–H and O–H groups in total. The van der Waals surface area contributed by atoms with Crippen molar-refractivity contribution in [2.45, 2.75) is 219 Å². The lowest BCUT2D eigenvalue weighted by Gasteiger charge is -2.30. The lowest BCUT2D eigenvalue weighted by molar-refractivity contribution is -1.41. The van der Waals surface area contributed by atoms with Gasteiger partial charge in [0.05, 0.1) is 38.5 Å². The molecule has 0 atom stereocenters. The van der Waals surface area contributed by atoms with Crippen LogP contribution in [0.5, 0.6) is 0 Å². The van der Waals surface area contributed by atoms with Crippen LogP contribution in [0.25, 0.3) is 0 Å². The monoisotopic (exact) mass is 618 g/mol. The summed E-state index contributed by atoms with van der Waals surface area (Å²) in [6.45, 7) is 7.39. The Morgan fingerprint density at radius 1 is 0.310 bits per heavy atom. The van der Waals surface area contributed by atoms with Gasteiger partial charge in [-0.3, -0.25) is 0 Å². The van der Waals surface area contributed by atoms with Crippen molar-refractivity contribution in [3.8, 4) is 0 Å². The molecule has 3 nitrogen and oxygen atoms in total. The van der Waals surface area contributed by atoms with Gasteiger partial charge in [-0.2, -0.15) is 0 Å². The molecule has 0 aromatic heterocycles. The van der Waals surface area contributed by atoms with Crippen LogP contribution in [-0.4, -0.2) is 31.7 Å². The van der Waals surface area contributed by atoms with E-state index in [0.717, 1.165) is 0 Å². The first kappa shape index (κ1) is 44.3. The van der Waals surface area contributed by atoms with Crippen molar-refractivity contribution in [1.82, 2.24) is 0 Å². The molecule has 0 saturated carbocycles. The Morgan fingerprint density at radius 3 is 0.619 bits per heavy atom. The zero-order chi connectivity index (χ0) is 31.2. The van der Waals surface area contributed by atoms with Gasteiger partial charge in [-0.25, -0.2) is 0 Å². The molecular weight excluding hydrogens is 538 g/mol. The third-order valence-electron chi connectivity index (χ3n) is 9.23. The maximum absolute atomic E-state index is 8.24. The Balaban J connectivity index is 0. The smallest absolute Gasteiger partial charge is 0.0878 e. The minimum Gasteiger partial charge on any atom is -0.544 e. The highest BCUT2D eigenvalue weighted by molar-refractivity contribution is 4.52. The third-order valence-corrected chi connectivity index (χ3v) is 9.23. The number of halogens is 1. The van der Waals surface area contributed by atoms with E-state index >= 15 is 0 Å². The standard InChI is InChI=1S/C38H80N.ClO2/c1-5-7-9-11-13-15-17-19-21-23-25-27-29-31-33-35-37-39(3,4)38-36-34-32-30-28-26-24-22-20-18-16-14-12-10-8-6-2;2-1-3/h5-38H2,1-4H3;/q+1;-1. The van der Waals surface area contributed by atoms with Gasteiger partial charge in [-0.15, -0.1) is 0 Å². The molecule has 256 valence electrons. The average Bonchev–Trinajstić information content (AvgIpc) is 2.97. The Kier molecular flexibility index (Phi) is 41.3. The van der Waals surface area contributed by atoms with Crippen LogP contribution in [0.2, 0.25) is 0 Å². The predicted molar refractivity (Wildman–Crippen MR) is 181 cm³/mol. The van der Waals surface area contributed by atoms with Gasteiger partial charge < -0.3 is 13.8 Å². The lowest BCUT2D eigenvalue weighted by Crippen LogP contribution is -2.41. The van der Waals surface area contributed by atoms with E-state index in [2.05, 4.69) is 27.9 Å². The highest BCUT2D eigenvalue weighted by Gasteiger charge is 2.13. The molecule has 0 rings (SSSR count). The zero-order valence-corrected chi connectivity index (χ0v) is 30.4. The van der Waals surface area contributed by atoms with Gasteiger partial charge in [0, 0.05) is 0 Å². The molecule has 0 aliphatic heterocycles. The van der Waals surface area contributed by atoms with E-state index < -0.39 is 11.3 Å². The van der Waals surface area contributed by atoms with E-state index in [1.165, 1.54) is 223 Å². The Bertz CT molecular complexity index is 422. The fraction of sp³-hybridized carbons (Fsp3) is 1.00. The largest absolute Gasteiger partial charge is 0.544 e. The van der Waals surface area contributed by atoms with Crippen LogP contribution >= 0.6 is 0 Å². The highest BCUT2D eigenvalue weighted by Crippen LogP contribution is 2.16. The molecule has 0 bridgehead atoms. The lowest BCUT2D eigenvalue weighted by atomic mass is 10.0. The summed E-state index contributed by atoms with van der Waals surface area (Å²) in [5.41, 5.74) is 0. The van der Waals surface area contributed by atoms with Crippen molar-refractivity contribution in [2.24, 2.45) is 0 Å². The van der Waals surface area contributed by atoms with Crippen molar-refractivity contribution in [3.05, 3.63) is 0 Å². The summed E-state index contributed by atoms with van der Waals surface area (Å²) in [6.07, 6.45) is 46.9. The molecule has 0 fully saturated rings. The Labute approximate surface area is 271 Å². The summed E-state index contributed by atoms with van der Waals surface area (Å²) >= 11 is -0.417. The van der Waals surface area contributed by atoms with E-state index in [1.54, 1.807) is 0 Å². The topological polar surface area (TPSA) is 46.1 Å². The Hall–Kier alpha value is 0.170. The minimum absolute atomic E-state index is 0.417. The van der Waals surface area contributed by atoms with Gasteiger partial charge in [0.15, 0.2) is 0 Å². The second kappa shape index (κ2) is 39.2. The quantitative estimate of drug-likeness (QED) is 0.0532. The SMILES string of the molecule is CCCCCCCCCCCCCCCCCC[N+](C)(C)CCCCCCCCCCCCCCCCCC.[O-][Cl+][O-]. The molecule has 0 aromatic rings. The van der Waals surface area contributed by atoms with Crippen LogP contribution in [-0.2, 0) is 0 Å². The molecule has 0 spiro atoms. The van der Waals surface area contributed by atoms with E-state index in [1.807, 2.05) is 0 Å². The van der Waals surface area contributed by atoms with Crippen molar-refractivity contribution in [1.29, 1.82) is 0 Å². The van der Waals surface area contributed by atoms with Gasteiger partial charge >= 0.3 is 0 Å². The average molecular weight is 619 g/mol. The second-order valence-electron chi connectivity index (χ2n) is 14.1. The Morgan fingerprint density at radius 2 is 0.452 bits per heavy atom. The van der Waals surface area contributed by atoms with Crippen molar-refractivity contribution in [3.63, 3.8) is 0 Å². The van der Waals surface area contributed by atoms with Crippen molar-refractivity contribution >= 4 is 0 Å². The summed E-state index contributed by atoms with van der Waals surface area (Å²) in [4.78, 5) is 0. The first-order valence-electron chi connectivity index (χ1n) is 19.2. The molecule has 42 heavy (non-hydrogen) atoms. The van der Waals surface area contributed by atoms with E-state index in [4.69, 9.17) is 9.32 Å². The molecule has 0 saturated heterocycles. The van der Waals surface area contributed by atoms with Crippen LogP contribution in [0, 0.1) is 11.3 Å². The fourth-order valence-corrected chi connectivity index (χ4v) is 6.29. The van der Waals surface area contributed by atoms with Gasteiger partial charge in [-0.05, 0) is 25.7 Å². The van der Waals surface area contributed by atoms with Crippen LogP contribution in [0.15, 0.2) is 0 Å². The molecule has 0 aliphatic rings. The first-order chi connectivity index (χ1) is 20.5. The van der Waals surface area contributed by atoms with Crippen molar-refractivity contribution < 1.29 is 25.1 Å². The summed E-state index contributed by atoms with van der Waals surface area (Å²) in [7, 11) is 4.94. The van der Waals surface area contributed by atoms with Crippen LogP contribution in [0.4, 0.5) is 0 Å². The molecule has 0 amide bonds. The number of unbranched alkanes of at least 4 members (excludes halogenated alkanes) is 30. The van der Waals surface area contributed by atoms with Crippen LogP contribution < -0.4 is 9.32 Å². The van der Waals surface area contributed by atoms with E-state index in [-0.39, 0.29) is 0 Å². The number of hydrogen-bond donors (Lipinski definition) is 0. The normalized spacial score (nSPS) is 11.6. The van der Waals surface area contributed by atoms with E-state index in [0.29, 0.717) is 0 Å². The third kappa shape index (κ3) is 42.3. The molecule has 0 heterocycles. The second-order valence-corrected chi connectivity index (χ2v) is 14.2. The van der Waals surface area contributed by atoms with Crippen molar-refractivity contribution in [2.75, 3.05) is 27.2 Å². The number of rotatable bonds is 34. The van der Waals surface area contributed by atoms with Gasteiger partial charge in [0.2, 0.25) is 0 Å². The molecule has 4 heteroatoms. The first-order valence-corrected chi connectivity index (χ1v) is 19.9. The maximum Gasteiger partial charge on any atom is 0.0878 e. The summed E-state index contributed by atoms with van der Waals surface area (Å²) in [6, 6.07) is 0. The summed E-state index contributed by atoms with van der Waals surface area (Å²) in [5, 5.41) is 0. The molecule has 0 radical (unpaired) electrons. The van der Waals surface area contributed by atoms with Gasteiger partial charge in [-0.1, -0.05) is 194 Å². The summed E-state index contributed by atoms with van der Waals surface area (Å²) < 4.78 is 17.7. The summed E-state index contributed by atoms with van der Waals surface area (Å²) in [5.74, 6) is 0. The fourth-order valence-electron chi connectivity index (χ4n) is 6.29. The molecule has 0 unspecified atom stereocenters. The number of nitrogens with zero attached hydrogens (tertiary/aromatic N) is 1. The predicted octanol–water partition coefficient (Wildman–Crippen LogP) is 11.2. The van der Waals surface area contributed by atoms with E-state index in [9.17, 15) is 0 Å². The minimum atomic E-state index is -0.417. The molecule has 0 aliphatic carbocycles. The highest BCUT2D eigenvalue weighted by atomic mass is 35.6. The van der Waals surface area contributed by atoms with Crippen LogP contribution in [0.1, 0.15) is 219 Å². The maximum atomic E-state index is 8.24. The van der Waals surface area contributed by atoms with Gasteiger partial charge in [0.25, 0.3) is 0 Å². The zero-order valence-electron chi connectivity index (χ0n) is 29.7. The molecular formula is C38H80ClNO2.